The third-order valence-corrected chi connectivity index (χ3v) is 3.49. The van der Waals surface area contributed by atoms with Crippen molar-refractivity contribution in [3.8, 4) is 17.2 Å². The summed E-state index contributed by atoms with van der Waals surface area (Å²) in [6.07, 6.45) is 0. The monoisotopic (exact) mass is 338 g/mol. The SMILES string of the molecule is COc1ccc(C(=O)NCCNc2noc(-c3ccccc3)n2)cc1. The van der Waals surface area contributed by atoms with Crippen LogP contribution in [-0.2, 0) is 0 Å². The van der Waals surface area contributed by atoms with Crippen molar-refractivity contribution in [1.82, 2.24) is 15.5 Å². The fourth-order valence-electron chi connectivity index (χ4n) is 2.19. The molecule has 3 rings (SSSR count). The molecular weight excluding hydrogens is 320 g/mol. The van der Waals surface area contributed by atoms with Crippen LogP contribution >= 0.6 is 0 Å². The van der Waals surface area contributed by atoms with Crippen molar-refractivity contribution in [3.63, 3.8) is 0 Å². The molecule has 1 amide bonds. The zero-order valence-corrected chi connectivity index (χ0v) is 13.7. The number of carbonyl (C=O) groups excluding carboxylic acids is 1. The highest BCUT2D eigenvalue weighted by Crippen LogP contribution is 2.17. The van der Waals surface area contributed by atoms with Crippen LogP contribution in [0.1, 0.15) is 10.4 Å². The minimum atomic E-state index is -0.150. The number of carbonyl (C=O) groups is 1. The van der Waals surface area contributed by atoms with Gasteiger partial charge in [0.25, 0.3) is 17.7 Å². The molecule has 0 bridgehead atoms. The first-order chi connectivity index (χ1) is 12.3. The van der Waals surface area contributed by atoms with E-state index in [1.807, 2.05) is 30.3 Å². The van der Waals surface area contributed by atoms with Gasteiger partial charge < -0.3 is 19.9 Å². The highest BCUT2D eigenvalue weighted by molar-refractivity contribution is 5.94. The van der Waals surface area contributed by atoms with Gasteiger partial charge in [-0.15, -0.1) is 0 Å². The number of benzene rings is 2. The smallest absolute Gasteiger partial charge is 0.263 e. The zero-order valence-electron chi connectivity index (χ0n) is 13.7. The van der Waals surface area contributed by atoms with Gasteiger partial charge in [0.15, 0.2) is 0 Å². The lowest BCUT2D eigenvalue weighted by atomic mass is 10.2. The Morgan fingerprint density at radius 1 is 1.08 bits per heavy atom. The van der Waals surface area contributed by atoms with Crippen molar-refractivity contribution in [1.29, 1.82) is 0 Å². The van der Waals surface area contributed by atoms with Gasteiger partial charge in [-0.1, -0.05) is 18.2 Å². The molecule has 1 aromatic heterocycles. The van der Waals surface area contributed by atoms with Crippen LogP contribution in [0.25, 0.3) is 11.5 Å². The van der Waals surface area contributed by atoms with Crippen LogP contribution in [0, 0.1) is 0 Å². The third-order valence-electron chi connectivity index (χ3n) is 3.49. The van der Waals surface area contributed by atoms with Crippen molar-refractivity contribution in [2.75, 3.05) is 25.5 Å². The van der Waals surface area contributed by atoms with Crippen LogP contribution < -0.4 is 15.4 Å². The summed E-state index contributed by atoms with van der Waals surface area (Å²) in [5, 5.41) is 9.69. The Labute approximate surface area is 145 Å². The van der Waals surface area contributed by atoms with Crippen LogP contribution in [0.5, 0.6) is 5.75 Å². The van der Waals surface area contributed by atoms with Crippen molar-refractivity contribution in [2.45, 2.75) is 0 Å². The van der Waals surface area contributed by atoms with E-state index in [0.717, 1.165) is 5.56 Å². The Kier molecular flexibility index (Phi) is 5.26. The van der Waals surface area contributed by atoms with Crippen LogP contribution in [0.2, 0.25) is 0 Å². The second kappa shape index (κ2) is 7.96. The van der Waals surface area contributed by atoms with Crippen molar-refractivity contribution >= 4 is 11.9 Å². The topological polar surface area (TPSA) is 89.3 Å². The lowest BCUT2D eigenvalue weighted by Gasteiger charge is -2.06. The molecule has 25 heavy (non-hydrogen) atoms. The predicted octanol–water partition coefficient (Wildman–Crippen LogP) is 2.59. The molecule has 2 aromatic carbocycles. The summed E-state index contributed by atoms with van der Waals surface area (Å²) < 4.78 is 10.3. The highest BCUT2D eigenvalue weighted by atomic mass is 16.5. The standard InChI is InChI=1S/C18H18N4O3/c1-24-15-9-7-13(8-10-15)16(23)19-11-12-20-18-21-17(25-22-18)14-5-3-2-4-6-14/h2-10H,11-12H2,1H3,(H,19,23)(H,20,22). The minimum Gasteiger partial charge on any atom is -0.497 e. The number of nitrogens with one attached hydrogen (secondary N) is 2. The maximum absolute atomic E-state index is 12.0. The largest absolute Gasteiger partial charge is 0.497 e. The first-order valence-corrected chi connectivity index (χ1v) is 7.81. The van der Waals surface area contributed by atoms with Gasteiger partial charge >= 0.3 is 0 Å². The first kappa shape index (κ1) is 16.5. The van der Waals surface area contributed by atoms with E-state index in [0.29, 0.717) is 36.2 Å². The van der Waals surface area contributed by atoms with E-state index in [1.165, 1.54) is 0 Å². The molecule has 3 aromatic rings. The molecule has 2 N–H and O–H groups in total. The predicted molar refractivity (Wildman–Crippen MR) is 93.6 cm³/mol. The van der Waals surface area contributed by atoms with E-state index in [9.17, 15) is 4.79 Å². The van der Waals surface area contributed by atoms with Crippen LogP contribution in [0.15, 0.2) is 59.1 Å². The van der Waals surface area contributed by atoms with Crippen LogP contribution in [0.3, 0.4) is 0 Å². The molecule has 0 spiro atoms. The lowest BCUT2D eigenvalue weighted by molar-refractivity contribution is 0.0955. The van der Waals surface area contributed by atoms with Gasteiger partial charge in [0.05, 0.1) is 7.11 Å². The van der Waals surface area contributed by atoms with E-state index in [4.69, 9.17) is 9.26 Å². The molecule has 7 heteroatoms. The maximum Gasteiger partial charge on any atom is 0.263 e. The van der Waals surface area contributed by atoms with Gasteiger partial charge in [-0.25, -0.2) is 0 Å². The average Bonchev–Trinajstić information content (AvgIpc) is 3.15. The summed E-state index contributed by atoms with van der Waals surface area (Å²) >= 11 is 0. The van der Waals surface area contributed by atoms with E-state index in [1.54, 1.807) is 31.4 Å². The van der Waals surface area contributed by atoms with Gasteiger partial charge in [0.1, 0.15) is 5.75 Å². The summed E-state index contributed by atoms with van der Waals surface area (Å²) in [5.41, 5.74) is 1.43. The molecule has 0 radical (unpaired) electrons. The molecule has 0 saturated carbocycles. The third kappa shape index (κ3) is 4.35. The Morgan fingerprint density at radius 3 is 2.56 bits per heavy atom. The Balaban J connectivity index is 1.45. The van der Waals surface area contributed by atoms with Gasteiger partial charge in [-0.2, -0.15) is 4.98 Å². The molecule has 1 heterocycles. The van der Waals surface area contributed by atoms with Crippen LogP contribution in [-0.4, -0.2) is 36.2 Å². The van der Waals surface area contributed by atoms with Gasteiger partial charge in [0.2, 0.25) is 0 Å². The number of hydrogen-bond donors (Lipinski definition) is 2. The van der Waals surface area contributed by atoms with Crippen molar-refractivity contribution < 1.29 is 14.1 Å². The number of amides is 1. The highest BCUT2D eigenvalue weighted by Gasteiger charge is 2.08. The van der Waals surface area contributed by atoms with Crippen molar-refractivity contribution in [3.05, 3.63) is 60.2 Å². The molecule has 0 unspecified atom stereocenters. The number of anilines is 1. The maximum atomic E-state index is 12.0. The summed E-state index contributed by atoms with van der Waals surface area (Å²) in [5.74, 6) is 1.40. The van der Waals surface area contributed by atoms with Crippen LogP contribution in [0.4, 0.5) is 5.95 Å². The fraction of sp³-hybridized carbons (Fsp3) is 0.167. The quantitative estimate of drug-likeness (QED) is 0.644. The molecule has 0 aliphatic rings. The molecule has 0 saturated heterocycles. The minimum absolute atomic E-state index is 0.150. The lowest BCUT2D eigenvalue weighted by Crippen LogP contribution is -2.28. The Hall–Kier alpha value is -3.35. The van der Waals surface area contributed by atoms with Gasteiger partial charge in [0, 0.05) is 24.2 Å². The number of hydrogen-bond acceptors (Lipinski definition) is 6. The second-order valence-electron chi connectivity index (χ2n) is 5.20. The van der Waals surface area contributed by atoms with E-state index in [-0.39, 0.29) is 5.91 Å². The molecule has 128 valence electrons. The van der Waals surface area contributed by atoms with E-state index >= 15 is 0 Å². The fourth-order valence-corrected chi connectivity index (χ4v) is 2.19. The normalized spacial score (nSPS) is 10.3. The zero-order chi connectivity index (χ0) is 17.5. The number of methoxy groups -OCH3 is 1. The molecular formula is C18H18N4O3. The summed E-state index contributed by atoms with van der Waals surface area (Å²) in [4.78, 5) is 16.3. The summed E-state index contributed by atoms with van der Waals surface area (Å²) in [6.45, 7) is 0.912. The Morgan fingerprint density at radius 2 is 1.84 bits per heavy atom. The van der Waals surface area contributed by atoms with Crippen molar-refractivity contribution in [2.24, 2.45) is 0 Å². The van der Waals surface area contributed by atoms with E-state index < -0.39 is 0 Å². The van der Waals surface area contributed by atoms with Gasteiger partial charge in [-0.05, 0) is 41.6 Å². The molecule has 0 aliphatic heterocycles. The summed E-state index contributed by atoms with van der Waals surface area (Å²) in [7, 11) is 1.59. The number of rotatable bonds is 7. The number of aromatic nitrogens is 2. The molecule has 0 atom stereocenters. The van der Waals surface area contributed by atoms with Gasteiger partial charge in [-0.3, -0.25) is 4.79 Å². The number of nitrogens with zero attached hydrogens (tertiary/aromatic N) is 2. The van der Waals surface area contributed by atoms with E-state index in [2.05, 4.69) is 20.8 Å². The summed E-state index contributed by atoms with van der Waals surface area (Å²) in [6, 6.07) is 16.4. The second-order valence-corrected chi connectivity index (χ2v) is 5.20. The first-order valence-electron chi connectivity index (χ1n) is 7.81. The Bertz CT molecular complexity index is 816. The molecule has 7 nitrogen and oxygen atoms in total. The number of ether oxygens (including phenoxy) is 1. The molecule has 0 aliphatic carbocycles. The molecule has 0 fully saturated rings. The average molecular weight is 338 g/mol.